The number of ether oxygens (including phenoxy) is 1. The number of benzene rings is 3. The fourth-order valence-electron chi connectivity index (χ4n) is 3.85. The molecule has 0 aromatic heterocycles. The summed E-state index contributed by atoms with van der Waals surface area (Å²) < 4.78 is 4.96. The fraction of sp³-hybridized carbons (Fsp3) is 0.250. The largest absolute Gasteiger partial charge is 0.508 e. The van der Waals surface area contributed by atoms with Gasteiger partial charge in [0.1, 0.15) is 23.1 Å². The van der Waals surface area contributed by atoms with Crippen molar-refractivity contribution in [2.24, 2.45) is 0 Å². The summed E-state index contributed by atoms with van der Waals surface area (Å²) >= 11 is 0. The molecular formula is C28H30N2O7. The Kier molecular flexibility index (Phi) is 8.86. The molecule has 0 heterocycles. The number of amides is 2. The molecule has 0 saturated heterocycles. The molecule has 9 nitrogen and oxygen atoms in total. The molecule has 3 aromatic carbocycles. The van der Waals surface area contributed by atoms with E-state index in [1.54, 1.807) is 48.5 Å². The number of phenols is 2. The third-order valence-corrected chi connectivity index (χ3v) is 5.93. The Morgan fingerprint density at radius 3 is 1.86 bits per heavy atom. The van der Waals surface area contributed by atoms with Crippen molar-refractivity contribution in [3.8, 4) is 11.5 Å². The highest BCUT2D eigenvalue weighted by Crippen LogP contribution is 2.19. The van der Waals surface area contributed by atoms with Crippen molar-refractivity contribution in [2.75, 3.05) is 7.11 Å². The quantitative estimate of drug-likeness (QED) is 0.265. The van der Waals surface area contributed by atoms with Crippen LogP contribution in [-0.2, 0) is 33.8 Å². The highest BCUT2D eigenvalue weighted by atomic mass is 16.5. The van der Waals surface area contributed by atoms with Crippen molar-refractivity contribution in [3.05, 3.63) is 95.1 Å². The van der Waals surface area contributed by atoms with E-state index in [1.165, 1.54) is 38.3 Å². The predicted octanol–water partition coefficient (Wildman–Crippen LogP) is 2.22. The summed E-state index contributed by atoms with van der Waals surface area (Å²) in [5.74, 6) is -1.67. The fourth-order valence-corrected chi connectivity index (χ4v) is 3.85. The number of aromatic hydroxyl groups is 2. The van der Waals surface area contributed by atoms with Gasteiger partial charge in [0.15, 0.2) is 0 Å². The maximum Gasteiger partial charge on any atom is 0.331 e. The molecule has 0 aliphatic rings. The normalized spacial score (nSPS) is 13.2. The first-order valence-electron chi connectivity index (χ1n) is 11.6. The van der Waals surface area contributed by atoms with E-state index in [1.807, 2.05) is 0 Å². The lowest BCUT2D eigenvalue weighted by atomic mass is 9.91. The molecule has 194 valence electrons. The number of aliphatic hydroxyl groups is 1. The van der Waals surface area contributed by atoms with E-state index >= 15 is 0 Å². The SMILES string of the molecule is COC(=O)C(C)(Cc1ccc(O)cc1)NC(=O)C(Cc1ccc(O)cc1)NC(=O)c1ccc(CO)cc1. The Morgan fingerprint density at radius 2 is 1.35 bits per heavy atom. The third kappa shape index (κ3) is 7.31. The Balaban J connectivity index is 1.86. The molecule has 3 aromatic rings. The first-order chi connectivity index (χ1) is 17.6. The van der Waals surface area contributed by atoms with Gasteiger partial charge in [0.25, 0.3) is 5.91 Å². The van der Waals surface area contributed by atoms with Crippen LogP contribution < -0.4 is 10.6 Å². The number of esters is 1. The lowest BCUT2D eigenvalue weighted by molar-refractivity contribution is -0.150. The Bertz CT molecular complexity index is 1220. The minimum atomic E-state index is -1.47. The van der Waals surface area contributed by atoms with Crippen LogP contribution in [0.4, 0.5) is 0 Å². The van der Waals surface area contributed by atoms with Gasteiger partial charge in [-0.15, -0.1) is 0 Å². The molecule has 0 spiro atoms. The van der Waals surface area contributed by atoms with Gasteiger partial charge in [-0.25, -0.2) is 4.79 Å². The van der Waals surface area contributed by atoms with E-state index < -0.39 is 29.4 Å². The molecule has 0 radical (unpaired) electrons. The number of methoxy groups -OCH3 is 1. The van der Waals surface area contributed by atoms with Crippen molar-refractivity contribution in [3.63, 3.8) is 0 Å². The predicted molar refractivity (Wildman–Crippen MR) is 136 cm³/mol. The number of hydrogen-bond donors (Lipinski definition) is 5. The maximum absolute atomic E-state index is 13.5. The molecule has 5 N–H and O–H groups in total. The van der Waals surface area contributed by atoms with Crippen LogP contribution in [0.25, 0.3) is 0 Å². The minimum Gasteiger partial charge on any atom is -0.508 e. The number of nitrogens with one attached hydrogen (secondary N) is 2. The zero-order valence-electron chi connectivity index (χ0n) is 20.6. The monoisotopic (exact) mass is 506 g/mol. The van der Waals surface area contributed by atoms with Gasteiger partial charge < -0.3 is 30.7 Å². The molecule has 37 heavy (non-hydrogen) atoms. The molecule has 2 unspecified atom stereocenters. The summed E-state index contributed by atoms with van der Waals surface area (Å²) in [4.78, 5) is 39.2. The Morgan fingerprint density at radius 1 is 0.838 bits per heavy atom. The number of carbonyl (C=O) groups is 3. The number of rotatable bonds is 10. The Hall–Kier alpha value is -4.37. The smallest absolute Gasteiger partial charge is 0.331 e. The average Bonchev–Trinajstić information content (AvgIpc) is 2.90. The van der Waals surface area contributed by atoms with Crippen LogP contribution in [0.5, 0.6) is 11.5 Å². The van der Waals surface area contributed by atoms with Crippen LogP contribution in [0.2, 0.25) is 0 Å². The first kappa shape index (κ1) is 27.2. The molecule has 0 bridgehead atoms. The van der Waals surface area contributed by atoms with Crippen LogP contribution in [0.3, 0.4) is 0 Å². The van der Waals surface area contributed by atoms with Crippen LogP contribution in [-0.4, -0.2) is 51.8 Å². The highest BCUT2D eigenvalue weighted by molar-refractivity contribution is 5.98. The summed E-state index contributed by atoms with van der Waals surface area (Å²) in [7, 11) is 1.22. The van der Waals surface area contributed by atoms with E-state index in [2.05, 4.69) is 10.6 Å². The van der Waals surface area contributed by atoms with Crippen molar-refractivity contribution < 1.29 is 34.4 Å². The van der Waals surface area contributed by atoms with Crippen LogP contribution in [0.15, 0.2) is 72.8 Å². The maximum atomic E-state index is 13.5. The van der Waals surface area contributed by atoms with Gasteiger partial charge in [-0.05, 0) is 60.0 Å². The van der Waals surface area contributed by atoms with Gasteiger partial charge in [0.05, 0.1) is 13.7 Å². The molecule has 0 aliphatic carbocycles. The van der Waals surface area contributed by atoms with Gasteiger partial charge in [-0.2, -0.15) is 0 Å². The highest BCUT2D eigenvalue weighted by Gasteiger charge is 2.38. The molecule has 2 amide bonds. The molecule has 2 atom stereocenters. The van der Waals surface area contributed by atoms with Crippen LogP contribution in [0, 0.1) is 0 Å². The molecule has 9 heteroatoms. The summed E-state index contributed by atoms with van der Waals surface area (Å²) in [6.07, 6.45) is 0.164. The minimum absolute atomic E-state index is 0.0601. The zero-order chi connectivity index (χ0) is 27.0. The van der Waals surface area contributed by atoms with Gasteiger partial charge in [0.2, 0.25) is 5.91 Å². The zero-order valence-corrected chi connectivity index (χ0v) is 20.6. The lowest BCUT2D eigenvalue weighted by Gasteiger charge is -2.30. The summed E-state index contributed by atoms with van der Waals surface area (Å²) in [5, 5.41) is 33.9. The lowest BCUT2D eigenvalue weighted by Crippen LogP contribution is -2.59. The second-order valence-electron chi connectivity index (χ2n) is 8.91. The van der Waals surface area contributed by atoms with Gasteiger partial charge in [0, 0.05) is 18.4 Å². The Labute approximate surface area is 214 Å². The topological polar surface area (TPSA) is 145 Å². The number of carbonyl (C=O) groups excluding carboxylic acids is 3. The second kappa shape index (κ2) is 12.0. The molecule has 0 fully saturated rings. The first-order valence-corrected chi connectivity index (χ1v) is 11.6. The van der Waals surface area contributed by atoms with Crippen molar-refractivity contribution in [1.29, 1.82) is 0 Å². The number of hydrogen-bond acceptors (Lipinski definition) is 7. The van der Waals surface area contributed by atoms with Gasteiger partial charge in [-0.1, -0.05) is 36.4 Å². The van der Waals surface area contributed by atoms with E-state index in [-0.39, 0.29) is 30.9 Å². The molecule has 0 aliphatic heterocycles. The van der Waals surface area contributed by atoms with Gasteiger partial charge in [-0.3, -0.25) is 9.59 Å². The third-order valence-electron chi connectivity index (χ3n) is 5.93. The molecule has 0 saturated carbocycles. The van der Waals surface area contributed by atoms with E-state index in [9.17, 15) is 29.7 Å². The summed E-state index contributed by atoms with van der Waals surface area (Å²) in [6.45, 7) is 1.36. The van der Waals surface area contributed by atoms with Gasteiger partial charge >= 0.3 is 5.97 Å². The molecular weight excluding hydrogens is 476 g/mol. The van der Waals surface area contributed by atoms with Crippen molar-refractivity contribution in [1.82, 2.24) is 10.6 Å². The van der Waals surface area contributed by atoms with Crippen molar-refractivity contribution >= 4 is 17.8 Å². The second-order valence-corrected chi connectivity index (χ2v) is 8.91. The van der Waals surface area contributed by atoms with Crippen LogP contribution >= 0.6 is 0 Å². The number of phenolic OH excluding ortho intramolecular Hbond substituents is 2. The van der Waals surface area contributed by atoms with Crippen LogP contribution in [0.1, 0.15) is 34.0 Å². The van der Waals surface area contributed by atoms with E-state index in [4.69, 9.17) is 4.74 Å². The van der Waals surface area contributed by atoms with E-state index in [0.29, 0.717) is 22.3 Å². The average molecular weight is 507 g/mol. The standard InChI is InChI=1S/C28H30N2O7/c1-28(27(36)37-2,16-19-7-13-23(33)14-8-19)30-26(35)24(15-18-5-11-22(32)12-6-18)29-25(34)21-9-3-20(17-31)4-10-21/h3-14,24,31-33H,15-17H2,1-2H3,(H,29,34)(H,30,35). The summed E-state index contributed by atoms with van der Waals surface area (Å²) in [5.41, 5.74) is 0.809. The number of aliphatic hydroxyl groups excluding tert-OH is 1. The molecule has 3 rings (SSSR count). The van der Waals surface area contributed by atoms with E-state index in [0.717, 1.165) is 0 Å². The van der Waals surface area contributed by atoms with Crippen molar-refractivity contribution in [2.45, 2.75) is 38.0 Å². The summed E-state index contributed by atoms with van der Waals surface area (Å²) in [6, 6.07) is 17.7.